The maximum atomic E-state index is 12.3. The van der Waals surface area contributed by atoms with E-state index < -0.39 is 12.5 Å². The second-order valence-electron chi connectivity index (χ2n) is 11.9. The first kappa shape index (κ1) is 29.0. The van der Waals surface area contributed by atoms with E-state index in [1.54, 1.807) is 0 Å². The van der Waals surface area contributed by atoms with Crippen LogP contribution in [0.4, 0.5) is 5.69 Å². The summed E-state index contributed by atoms with van der Waals surface area (Å²) < 4.78 is 0. The number of aliphatic hydroxyl groups is 2. The topological polar surface area (TPSA) is 82.5 Å². The van der Waals surface area contributed by atoms with E-state index in [1.165, 1.54) is 11.1 Å². The highest BCUT2D eigenvalue weighted by atomic mass is 16.3. The van der Waals surface area contributed by atoms with Gasteiger partial charge in [0.25, 0.3) is 0 Å². The van der Waals surface area contributed by atoms with Gasteiger partial charge in [-0.1, -0.05) is 66.7 Å². The van der Waals surface area contributed by atoms with Crippen LogP contribution in [0.25, 0.3) is 0 Å². The van der Waals surface area contributed by atoms with Crippen molar-refractivity contribution < 1.29 is 15.0 Å². The van der Waals surface area contributed by atoms with Crippen LogP contribution >= 0.6 is 0 Å². The lowest BCUT2D eigenvalue weighted by molar-refractivity contribution is -0.115. The van der Waals surface area contributed by atoms with E-state index in [9.17, 15) is 15.0 Å². The van der Waals surface area contributed by atoms with Crippen LogP contribution in [-0.4, -0.2) is 101 Å². The number of benzene rings is 3. The molecule has 0 bridgehead atoms. The molecule has 8 nitrogen and oxygen atoms in total. The van der Waals surface area contributed by atoms with Crippen molar-refractivity contribution in [1.29, 1.82) is 0 Å². The first-order valence-electron chi connectivity index (χ1n) is 15.3. The summed E-state index contributed by atoms with van der Waals surface area (Å²) in [4.78, 5) is 21.5. The molecular weight excluding hydrogens is 526 g/mol. The summed E-state index contributed by atoms with van der Waals surface area (Å²) in [7, 11) is 0. The highest BCUT2D eigenvalue weighted by Gasteiger charge is 2.30. The number of rotatable bonds is 10. The number of hydrogen-bond acceptors (Lipinski definition) is 7. The largest absolute Gasteiger partial charge is 0.378 e. The lowest BCUT2D eigenvalue weighted by Gasteiger charge is -2.38. The monoisotopic (exact) mass is 569 g/mol. The molecule has 3 N–H and O–H groups in total. The van der Waals surface area contributed by atoms with Gasteiger partial charge < -0.3 is 15.5 Å². The van der Waals surface area contributed by atoms with Gasteiger partial charge in [-0.05, 0) is 33.9 Å². The minimum atomic E-state index is -0.636. The summed E-state index contributed by atoms with van der Waals surface area (Å²) >= 11 is 0. The van der Waals surface area contributed by atoms with Crippen LogP contribution in [0.1, 0.15) is 27.8 Å². The molecule has 0 radical (unpaired) electrons. The molecule has 3 heterocycles. The number of amides is 1. The number of fused-ring (bicyclic) bond motifs is 1. The van der Waals surface area contributed by atoms with Crippen molar-refractivity contribution in [2.75, 3.05) is 57.7 Å². The smallest absolute Gasteiger partial charge is 0.228 e. The van der Waals surface area contributed by atoms with E-state index in [1.807, 2.05) is 24.3 Å². The summed E-state index contributed by atoms with van der Waals surface area (Å²) in [6, 6.07) is 25.0. The Bertz CT molecular complexity index is 1320. The molecule has 3 aliphatic heterocycles. The molecule has 1 amide bonds. The molecule has 222 valence electrons. The molecule has 2 atom stereocenters. The summed E-state index contributed by atoms with van der Waals surface area (Å²) in [5.41, 5.74) is 6.46. The van der Waals surface area contributed by atoms with E-state index in [2.05, 4.69) is 73.4 Å². The average Bonchev–Trinajstić information content (AvgIpc) is 3.40. The molecule has 3 aliphatic rings. The van der Waals surface area contributed by atoms with Crippen molar-refractivity contribution in [3.05, 3.63) is 101 Å². The van der Waals surface area contributed by atoms with Gasteiger partial charge in [0.2, 0.25) is 5.91 Å². The predicted molar refractivity (Wildman–Crippen MR) is 165 cm³/mol. The van der Waals surface area contributed by atoms with Crippen LogP contribution < -0.4 is 5.32 Å². The van der Waals surface area contributed by atoms with E-state index in [-0.39, 0.29) is 5.91 Å². The van der Waals surface area contributed by atoms with Gasteiger partial charge in [-0.25, -0.2) is 0 Å². The third kappa shape index (κ3) is 7.09. The standard InChI is InChI=1S/C34H43N5O3/c40-32-22-30-29(23-34(42)39-19-15-37(16-20-39)25-27-9-5-2-6-10-27)28(11-12-31(30)35-32)21-33(41)38-17-13-36(14-18-38)24-26-7-3-1-4-8-26/h1-12,33-34,41-42H,13-25H2,(H,35,40). The van der Waals surface area contributed by atoms with E-state index in [0.29, 0.717) is 19.3 Å². The van der Waals surface area contributed by atoms with Gasteiger partial charge in [0.15, 0.2) is 0 Å². The maximum Gasteiger partial charge on any atom is 0.228 e. The number of carbonyl (C=O) groups excluding carboxylic acids is 1. The van der Waals surface area contributed by atoms with Gasteiger partial charge >= 0.3 is 0 Å². The molecule has 3 aromatic carbocycles. The summed E-state index contributed by atoms with van der Waals surface area (Å²) in [5.74, 6) is -0.0116. The molecule has 2 saturated heterocycles. The van der Waals surface area contributed by atoms with Gasteiger partial charge in [-0.2, -0.15) is 0 Å². The molecule has 3 aromatic rings. The zero-order valence-electron chi connectivity index (χ0n) is 24.4. The van der Waals surface area contributed by atoms with Gasteiger partial charge in [0, 0.05) is 84.0 Å². The zero-order valence-corrected chi connectivity index (χ0v) is 24.4. The number of hydrogen-bond donors (Lipinski definition) is 3. The van der Waals surface area contributed by atoms with Crippen molar-refractivity contribution in [2.24, 2.45) is 0 Å². The van der Waals surface area contributed by atoms with Crippen LogP contribution in [0.15, 0.2) is 72.8 Å². The first-order chi connectivity index (χ1) is 20.5. The molecular formula is C34H43N5O3. The minimum Gasteiger partial charge on any atom is -0.378 e. The zero-order chi connectivity index (χ0) is 28.9. The Morgan fingerprint density at radius 2 is 1.14 bits per heavy atom. The summed E-state index contributed by atoms with van der Waals surface area (Å²) in [5, 5.41) is 25.7. The van der Waals surface area contributed by atoms with Crippen molar-refractivity contribution >= 4 is 11.6 Å². The Morgan fingerprint density at radius 1 is 0.643 bits per heavy atom. The second kappa shape index (κ2) is 13.5. The van der Waals surface area contributed by atoms with Crippen molar-refractivity contribution in [2.45, 2.75) is 44.8 Å². The third-order valence-corrected chi connectivity index (χ3v) is 9.08. The molecule has 2 fully saturated rings. The van der Waals surface area contributed by atoms with Gasteiger partial charge in [0.05, 0.1) is 6.42 Å². The highest BCUT2D eigenvalue weighted by molar-refractivity contribution is 5.99. The Labute approximate surface area is 249 Å². The molecule has 2 unspecified atom stereocenters. The number of piperazine rings is 2. The van der Waals surface area contributed by atoms with Crippen molar-refractivity contribution in [3.63, 3.8) is 0 Å². The molecule has 6 rings (SSSR count). The third-order valence-electron chi connectivity index (χ3n) is 9.08. The maximum absolute atomic E-state index is 12.3. The average molecular weight is 570 g/mol. The quantitative estimate of drug-likeness (QED) is 0.346. The van der Waals surface area contributed by atoms with E-state index >= 15 is 0 Å². The number of carbonyl (C=O) groups is 1. The Hall–Kier alpha value is -3.11. The Kier molecular flexibility index (Phi) is 9.29. The van der Waals surface area contributed by atoms with Crippen molar-refractivity contribution in [1.82, 2.24) is 19.6 Å². The normalized spacial score (nSPS) is 20.3. The summed E-state index contributed by atoms with van der Waals surface area (Å²) in [6.45, 7) is 8.70. The van der Waals surface area contributed by atoms with Crippen LogP contribution in [-0.2, 0) is 37.1 Å². The van der Waals surface area contributed by atoms with Gasteiger partial charge in [-0.3, -0.25) is 24.4 Å². The second-order valence-corrected chi connectivity index (χ2v) is 11.9. The molecule has 0 aliphatic carbocycles. The number of nitrogens with one attached hydrogen (secondary N) is 1. The lowest BCUT2D eigenvalue weighted by atomic mass is 9.92. The molecule has 0 aromatic heterocycles. The molecule has 0 spiro atoms. The van der Waals surface area contributed by atoms with E-state index in [0.717, 1.165) is 87.8 Å². The molecule has 0 saturated carbocycles. The first-order valence-corrected chi connectivity index (χ1v) is 15.3. The molecule has 42 heavy (non-hydrogen) atoms. The summed E-state index contributed by atoms with van der Waals surface area (Å²) in [6.07, 6.45) is 0.00844. The van der Waals surface area contributed by atoms with Crippen LogP contribution in [0.5, 0.6) is 0 Å². The lowest BCUT2D eigenvalue weighted by Crippen LogP contribution is -2.51. The fourth-order valence-electron chi connectivity index (χ4n) is 6.62. The van der Waals surface area contributed by atoms with Crippen LogP contribution in [0.3, 0.4) is 0 Å². The highest BCUT2D eigenvalue weighted by Crippen LogP contribution is 2.31. The van der Waals surface area contributed by atoms with Crippen LogP contribution in [0, 0.1) is 0 Å². The fourth-order valence-corrected chi connectivity index (χ4v) is 6.62. The van der Waals surface area contributed by atoms with Gasteiger partial charge in [-0.15, -0.1) is 0 Å². The SMILES string of the molecule is O=C1Cc2c(ccc(CC(O)N3CCN(Cc4ccccc4)CC3)c2CC(O)N2CCN(Cc3ccccc3)CC2)N1. The van der Waals surface area contributed by atoms with Crippen molar-refractivity contribution in [3.8, 4) is 0 Å². The number of aliphatic hydroxyl groups excluding tert-OH is 2. The van der Waals surface area contributed by atoms with Crippen LogP contribution in [0.2, 0.25) is 0 Å². The van der Waals surface area contributed by atoms with E-state index in [4.69, 9.17) is 0 Å². The van der Waals surface area contributed by atoms with Gasteiger partial charge in [0.1, 0.15) is 12.5 Å². The number of nitrogens with zero attached hydrogens (tertiary/aromatic N) is 4. The number of anilines is 1. The fraction of sp³-hybridized carbons (Fsp3) is 0.441. The Balaban J connectivity index is 1.07. The minimum absolute atomic E-state index is 0.0116. The molecule has 8 heteroatoms. The Morgan fingerprint density at radius 3 is 1.67 bits per heavy atom. The predicted octanol–water partition coefficient (Wildman–Crippen LogP) is 2.54.